The van der Waals surface area contributed by atoms with E-state index in [4.69, 9.17) is 4.74 Å². The van der Waals surface area contributed by atoms with Crippen molar-refractivity contribution < 1.29 is 4.74 Å². The molecule has 4 rings (SSSR count). The van der Waals surface area contributed by atoms with Crippen LogP contribution in [0.5, 0.6) is 11.5 Å². The van der Waals surface area contributed by atoms with Gasteiger partial charge in [-0.3, -0.25) is 0 Å². The Morgan fingerprint density at radius 1 is 1.12 bits per heavy atom. The molecule has 1 N–H and O–H groups in total. The van der Waals surface area contributed by atoms with E-state index in [-0.39, 0.29) is 0 Å². The van der Waals surface area contributed by atoms with Crippen LogP contribution in [-0.2, 0) is 12.8 Å². The van der Waals surface area contributed by atoms with E-state index in [1.807, 2.05) is 0 Å². The first-order valence-corrected chi connectivity index (χ1v) is 10.2. The lowest BCUT2D eigenvalue weighted by molar-refractivity contribution is 0.226. The zero-order chi connectivity index (χ0) is 17.9. The summed E-state index contributed by atoms with van der Waals surface area (Å²) < 4.78 is 6.23. The second-order valence-corrected chi connectivity index (χ2v) is 7.59. The highest BCUT2D eigenvalue weighted by molar-refractivity contribution is 5.67. The number of likely N-dealkylation sites (tertiary alicyclic amines) is 1. The van der Waals surface area contributed by atoms with E-state index in [1.54, 1.807) is 0 Å². The van der Waals surface area contributed by atoms with Gasteiger partial charge in [0.15, 0.2) is 0 Å². The van der Waals surface area contributed by atoms with E-state index in [9.17, 15) is 0 Å². The molecule has 138 valence electrons. The smallest absolute Gasteiger partial charge is 0.133 e. The molecule has 2 aromatic carbocycles. The van der Waals surface area contributed by atoms with Crippen molar-refractivity contribution in [1.29, 1.82) is 0 Å². The van der Waals surface area contributed by atoms with Gasteiger partial charge < -0.3 is 15.0 Å². The predicted molar refractivity (Wildman–Crippen MR) is 109 cm³/mol. The minimum atomic E-state index is 0.531. The Labute approximate surface area is 157 Å². The largest absolute Gasteiger partial charge is 0.457 e. The van der Waals surface area contributed by atoms with Gasteiger partial charge in [-0.2, -0.15) is 0 Å². The number of piperidine rings is 1. The Balaban J connectivity index is 1.66. The van der Waals surface area contributed by atoms with Gasteiger partial charge >= 0.3 is 0 Å². The summed E-state index contributed by atoms with van der Waals surface area (Å²) >= 11 is 0. The first-order chi connectivity index (χ1) is 12.8. The molecule has 2 aromatic rings. The predicted octanol–water partition coefficient (Wildman–Crippen LogP) is 5.23. The van der Waals surface area contributed by atoms with Crippen molar-refractivity contribution in [2.24, 2.45) is 0 Å². The quantitative estimate of drug-likeness (QED) is 0.682. The summed E-state index contributed by atoms with van der Waals surface area (Å²) in [6, 6.07) is 13.4. The second-order valence-electron chi connectivity index (χ2n) is 7.59. The van der Waals surface area contributed by atoms with Gasteiger partial charge in [0.1, 0.15) is 11.5 Å². The molecule has 0 amide bonds. The normalized spacial score (nSPS) is 19.4. The van der Waals surface area contributed by atoms with Crippen LogP contribution in [0.3, 0.4) is 0 Å². The number of nitrogens with zero attached hydrogens (tertiary/aromatic N) is 1. The first-order valence-electron chi connectivity index (χ1n) is 10.2. The SMILES string of the molecule is CCCc1ccc2c(c1NC1CCCN(CC)C1)Cc1ccccc1O2. The minimum Gasteiger partial charge on any atom is -0.457 e. The standard InChI is InChI=1S/C23H30N2O/c1-3-8-17-12-13-22-20(15-18-9-5-6-11-21(18)26-22)23(17)24-19-10-7-14-25(4-2)16-19/h5-6,9,11-13,19,24H,3-4,7-8,10,14-16H2,1-2H3. The fourth-order valence-corrected chi connectivity index (χ4v) is 4.33. The molecular weight excluding hydrogens is 320 g/mol. The number of aryl methyl sites for hydroxylation is 1. The summed E-state index contributed by atoms with van der Waals surface area (Å²) in [5.74, 6) is 2.03. The molecule has 0 spiro atoms. The second kappa shape index (κ2) is 7.71. The van der Waals surface area contributed by atoms with Crippen molar-refractivity contribution in [2.45, 2.75) is 52.0 Å². The van der Waals surface area contributed by atoms with Gasteiger partial charge in [0.05, 0.1) is 0 Å². The topological polar surface area (TPSA) is 24.5 Å². The van der Waals surface area contributed by atoms with Crippen molar-refractivity contribution >= 4 is 5.69 Å². The number of ether oxygens (including phenoxy) is 1. The molecule has 0 aliphatic carbocycles. The number of rotatable bonds is 5. The molecule has 1 unspecified atom stereocenters. The Hall–Kier alpha value is -2.00. The van der Waals surface area contributed by atoms with E-state index in [0.717, 1.165) is 43.9 Å². The maximum atomic E-state index is 6.23. The molecule has 1 saturated heterocycles. The highest BCUT2D eigenvalue weighted by Crippen LogP contribution is 2.42. The van der Waals surface area contributed by atoms with Crippen molar-refractivity contribution in [1.82, 2.24) is 4.90 Å². The molecule has 2 aliphatic rings. The third kappa shape index (κ3) is 3.45. The number of hydrogen-bond donors (Lipinski definition) is 1. The third-order valence-electron chi connectivity index (χ3n) is 5.74. The summed E-state index contributed by atoms with van der Waals surface area (Å²) in [6.07, 6.45) is 5.76. The highest BCUT2D eigenvalue weighted by atomic mass is 16.5. The minimum absolute atomic E-state index is 0.531. The molecule has 0 saturated carbocycles. The van der Waals surface area contributed by atoms with E-state index in [1.165, 1.54) is 41.8 Å². The van der Waals surface area contributed by atoms with Crippen LogP contribution in [0.4, 0.5) is 5.69 Å². The summed E-state index contributed by atoms with van der Waals surface area (Å²) in [5, 5.41) is 3.94. The molecule has 2 heterocycles. The molecule has 26 heavy (non-hydrogen) atoms. The molecule has 1 fully saturated rings. The van der Waals surface area contributed by atoms with Crippen molar-refractivity contribution in [2.75, 3.05) is 25.0 Å². The van der Waals surface area contributed by atoms with Crippen LogP contribution in [0.2, 0.25) is 0 Å². The average molecular weight is 351 g/mol. The summed E-state index contributed by atoms with van der Waals surface area (Å²) in [7, 11) is 0. The van der Waals surface area contributed by atoms with Crippen LogP contribution in [0.1, 0.15) is 49.8 Å². The lowest BCUT2D eigenvalue weighted by Gasteiger charge is -2.34. The summed E-state index contributed by atoms with van der Waals surface area (Å²) in [4.78, 5) is 2.56. The van der Waals surface area contributed by atoms with Gasteiger partial charge in [0.2, 0.25) is 0 Å². The lowest BCUT2D eigenvalue weighted by Crippen LogP contribution is -2.42. The lowest BCUT2D eigenvalue weighted by atomic mass is 9.93. The van der Waals surface area contributed by atoms with Gasteiger partial charge in [-0.1, -0.05) is 44.5 Å². The number of para-hydroxylation sites is 1. The van der Waals surface area contributed by atoms with E-state index in [0.29, 0.717) is 6.04 Å². The fraction of sp³-hybridized carbons (Fsp3) is 0.478. The number of nitrogens with one attached hydrogen (secondary N) is 1. The summed E-state index contributed by atoms with van der Waals surface area (Å²) in [6.45, 7) is 8.04. The van der Waals surface area contributed by atoms with Crippen molar-refractivity contribution in [3.63, 3.8) is 0 Å². The number of fused-ring (bicyclic) bond motifs is 2. The zero-order valence-corrected chi connectivity index (χ0v) is 16.1. The highest BCUT2D eigenvalue weighted by Gasteiger charge is 2.25. The molecule has 1 atom stereocenters. The monoisotopic (exact) mass is 350 g/mol. The molecule has 3 heteroatoms. The average Bonchev–Trinajstić information content (AvgIpc) is 2.68. The van der Waals surface area contributed by atoms with E-state index in [2.05, 4.69) is 60.5 Å². The first kappa shape index (κ1) is 17.4. The van der Waals surface area contributed by atoms with Gasteiger partial charge in [-0.25, -0.2) is 0 Å². The number of anilines is 1. The van der Waals surface area contributed by atoms with Crippen molar-refractivity contribution in [3.05, 3.63) is 53.1 Å². The molecule has 0 radical (unpaired) electrons. The summed E-state index contributed by atoms with van der Waals surface area (Å²) in [5.41, 5.74) is 5.39. The van der Waals surface area contributed by atoms with Crippen LogP contribution in [0.25, 0.3) is 0 Å². The maximum absolute atomic E-state index is 6.23. The van der Waals surface area contributed by atoms with E-state index < -0.39 is 0 Å². The third-order valence-corrected chi connectivity index (χ3v) is 5.74. The Kier molecular flexibility index (Phi) is 5.16. The molecular formula is C23H30N2O. The Morgan fingerprint density at radius 2 is 2.00 bits per heavy atom. The number of hydrogen-bond acceptors (Lipinski definition) is 3. The zero-order valence-electron chi connectivity index (χ0n) is 16.1. The number of likely N-dealkylation sites (N-methyl/N-ethyl adjacent to an activating group) is 1. The maximum Gasteiger partial charge on any atom is 0.133 e. The van der Waals surface area contributed by atoms with Gasteiger partial charge in [0, 0.05) is 30.3 Å². The molecule has 0 bridgehead atoms. The molecule has 3 nitrogen and oxygen atoms in total. The fourth-order valence-electron chi connectivity index (χ4n) is 4.33. The Morgan fingerprint density at radius 3 is 2.85 bits per heavy atom. The van der Waals surface area contributed by atoms with Gasteiger partial charge in [-0.15, -0.1) is 0 Å². The van der Waals surface area contributed by atoms with Crippen molar-refractivity contribution in [3.8, 4) is 11.5 Å². The number of benzene rings is 2. The Bertz CT molecular complexity index is 771. The van der Waals surface area contributed by atoms with Gasteiger partial charge in [0.25, 0.3) is 0 Å². The molecule has 0 aromatic heterocycles. The van der Waals surface area contributed by atoms with Crippen LogP contribution >= 0.6 is 0 Å². The van der Waals surface area contributed by atoms with Crippen LogP contribution in [0, 0.1) is 0 Å². The van der Waals surface area contributed by atoms with Crippen LogP contribution < -0.4 is 10.1 Å². The van der Waals surface area contributed by atoms with Gasteiger partial charge in [-0.05, 0) is 55.6 Å². The van der Waals surface area contributed by atoms with Crippen LogP contribution in [-0.4, -0.2) is 30.6 Å². The van der Waals surface area contributed by atoms with Crippen LogP contribution in [0.15, 0.2) is 36.4 Å². The molecule has 2 aliphatic heterocycles. The van der Waals surface area contributed by atoms with E-state index >= 15 is 0 Å².